The largest absolute Gasteiger partial charge is 0.497 e. The van der Waals surface area contributed by atoms with Gasteiger partial charge in [-0.15, -0.1) is 0 Å². The van der Waals surface area contributed by atoms with Gasteiger partial charge in [0.05, 0.1) is 7.11 Å². The molecule has 8 heteroatoms. The number of alkyl halides is 3. The van der Waals surface area contributed by atoms with Crippen LogP contribution < -0.4 is 15.6 Å². The molecule has 0 aromatic heterocycles. The highest BCUT2D eigenvalue weighted by molar-refractivity contribution is 6.00. The Labute approximate surface area is 175 Å². The minimum atomic E-state index is -4.95. The number of amides is 1. The maximum atomic E-state index is 13.2. The Kier molecular flexibility index (Phi) is 9.20. The van der Waals surface area contributed by atoms with Gasteiger partial charge in [-0.05, 0) is 49.9 Å². The van der Waals surface area contributed by atoms with E-state index < -0.39 is 17.9 Å². The van der Waals surface area contributed by atoms with E-state index in [0.717, 1.165) is 38.5 Å². The lowest BCUT2D eigenvalue weighted by atomic mass is 9.96. The molecule has 0 aliphatic heterocycles. The number of carbonyl (C=O) groups is 2. The third-order valence-electron chi connectivity index (χ3n) is 5.18. The normalized spacial score (nSPS) is 19.2. The topological polar surface area (TPSA) is 67.4 Å². The lowest BCUT2D eigenvalue weighted by molar-refractivity contribution is -0.166. The predicted octanol–water partition coefficient (Wildman–Crippen LogP) is 5.23. The van der Waals surface area contributed by atoms with Gasteiger partial charge in [0.1, 0.15) is 5.75 Å². The molecule has 1 amide bonds. The fourth-order valence-corrected chi connectivity index (χ4v) is 3.47. The molecular formula is C22H29F3N2O3. The molecule has 2 N–H and O–H groups in total. The SMILES string of the molecule is COc1ccc(C(=O)NN/C2=C(\C(=O)C(F)(F)F)CCCCCCCCCC2)cc1. The summed E-state index contributed by atoms with van der Waals surface area (Å²) < 4.78 is 44.6. The molecule has 0 atom stereocenters. The van der Waals surface area contributed by atoms with Gasteiger partial charge < -0.3 is 10.2 Å². The Morgan fingerprint density at radius 3 is 1.93 bits per heavy atom. The average Bonchev–Trinajstić information content (AvgIpc) is 2.72. The van der Waals surface area contributed by atoms with E-state index in [2.05, 4.69) is 10.9 Å². The van der Waals surface area contributed by atoms with Crippen molar-refractivity contribution >= 4 is 11.7 Å². The summed E-state index contributed by atoms with van der Waals surface area (Å²) in [5.74, 6) is -1.75. The van der Waals surface area contributed by atoms with Crippen LogP contribution in [0.15, 0.2) is 35.5 Å². The highest BCUT2D eigenvalue weighted by Crippen LogP contribution is 2.28. The lowest BCUT2D eigenvalue weighted by Crippen LogP contribution is -2.39. The number of nitrogens with one attached hydrogen (secondary N) is 2. The van der Waals surface area contributed by atoms with E-state index in [4.69, 9.17) is 4.74 Å². The Morgan fingerprint density at radius 1 is 0.867 bits per heavy atom. The summed E-state index contributed by atoms with van der Waals surface area (Å²) in [6.07, 6.45) is 2.30. The maximum Gasteiger partial charge on any atom is 0.454 e. The Hall–Kier alpha value is -2.51. The number of hydrazine groups is 1. The van der Waals surface area contributed by atoms with E-state index in [1.807, 2.05) is 0 Å². The molecule has 1 aromatic carbocycles. The van der Waals surface area contributed by atoms with Crippen LogP contribution >= 0.6 is 0 Å². The molecule has 1 aliphatic rings. The third-order valence-corrected chi connectivity index (χ3v) is 5.18. The third kappa shape index (κ3) is 7.39. The molecule has 1 aliphatic carbocycles. The molecule has 0 unspecified atom stereocenters. The standard InChI is InChI=1S/C22H29F3N2O3/c1-30-17-14-12-16(13-15-17)21(29)27-26-19-11-9-7-5-3-2-4-6-8-10-18(19)20(28)22(23,24)25/h12-15,26H,2-11H2,1H3,(H,27,29)/b19-18-. The number of benzene rings is 1. The van der Waals surface area contributed by atoms with Gasteiger partial charge in [-0.2, -0.15) is 13.2 Å². The summed E-state index contributed by atoms with van der Waals surface area (Å²) in [5, 5.41) is 0. The fraction of sp³-hybridized carbons (Fsp3) is 0.545. The molecule has 30 heavy (non-hydrogen) atoms. The summed E-state index contributed by atoms with van der Waals surface area (Å²) in [6, 6.07) is 6.32. The van der Waals surface area contributed by atoms with Crippen LogP contribution in [0.4, 0.5) is 13.2 Å². The Morgan fingerprint density at radius 2 is 1.40 bits per heavy atom. The van der Waals surface area contributed by atoms with Gasteiger partial charge in [-0.1, -0.05) is 38.5 Å². The summed E-state index contributed by atoms with van der Waals surface area (Å²) >= 11 is 0. The van der Waals surface area contributed by atoms with Gasteiger partial charge in [-0.3, -0.25) is 15.0 Å². The molecule has 166 valence electrons. The minimum Gasteiger partial charge on any atom is -0.497 e. The van der Waals surface area contributed by atoms with Gasteiger partial charge in [0.2, 0.25) is 0 Å². The number of methoxy groups -OCH3 is 1. The van der Waals surface area contributed by atoms with Crippen LogP contribution in [0.2, 0.25) is 0 Å². The first kappa shape index (κ1) is 23.8. The average molecular weight is 426 g/mol. The molecular weight excluding hydrogens is 397 g/mol. The smallest absolute Gasteiger partial charge is 0.454 e. The molecule has 0 bridgehead atoms. The first-order valence-corrected chi connectivity index (χ1v) is 10.4. The van der Waals surface area contributed by atoms with Crippen molar-refractivity contribution in [1.29, 1.82) is 0 Å². The van der Waals surface area contributed by atoms with Gasteiger partial charge >= 0.3 is 6.18 Å². The second-order valence-corrected chi connectivity index (χ2v) is 7.42. The lowest BCUT2D eigenvalue weighted by Gasteiger charge is -2.19. The van der Waals surface area contributed by atoms with Gasteiger partial charge in [0, 0.05) is 16.8 Å². The first-order chi connectivity index (χ1) is 14.3. The van der Waals surface area contributed by atoms with Gasteiger partial charge in [0.15, 0.2) is 0 Å². The van der Waals surface area contributed by atoms with Crippen molar-refractivity contribution in [1.82, 2.24) is 10.9 Å². The molecule has 0 heterocycles. The molecule has 5 nitrogen and oxygen atoms in total. The predicted molar refractivity (Wildman–Crippen MR) is 108 cm³/mol. The number of hydrogen-bond acceptors (Lipinski definition) is 4. The van der Waals surface area contributed by atoms with Crippen LogP contribution in [-0.4, -0.2) is 25.0 Å². The van der Waals surface area contributed by atoms with Crippen LogP contribution in [-0.2, 0) is 4.79 Å². The quantitative estimate of drug-likeness (QED) is 0.633. The second-order valence-electron chi connectivity index (χ2n) is 7.42. The van der Waals surface area contributed by atoms with Gasteiger partial charge in [-0.25, -0.2) is 0 Å². The van der Waals surface area contributed by atoms with Crippen molar-refractivity contribution in [3.8, 4) is 5.75 Å². The number of Topliss-reactive ketones (excluding diaryl/α,β-unsaturated/α-hetero) is 1. The maximum absolute atomic E-state index is 13.2. The minimum absolute atomic E-state index is 0.0408. The summed E-state index contributed by atoms with van der Waals surface area (Å²) in [4.78, 5) is 24.5. The summed E-state index contributed by atoms with van der Waals surface area (Å²) in [7, 11) is 1.51. The molecule has 0 radical (unpaired) electrons. The van der Waals surface area contributed by atoms with E-state index in [1.54, 1.807) is 24.3 Å². The molecule has 0 saturated heterocycles. The van der Waals surface area contributed by atoms with E-state index in [9.17, 15) is 22.8 Å². The summed E-state index contributed by atoms with van der Waals surface area (Å²) in [6.45, 7) is 0. The molecule has 0 saturated carbocycles. The number of rotatable bonds is 5. The van der Waals surface area contributed by atoms with Crippen molar-refractivity contribution in [3.63, 3.8) is 0 Å². The zero-order valence-electron chi connectivity index (χ0n) is 17.2. The van der Waals surface area contributed by atoms with Crippen LogP contribution in [0.25, 0.3) is 0 Å². The zero-order valence-corrected chi connectivity index (χ0v) is 17.2. The number of carbonyl (C=O) groups excluding carboxylic acids is 2. The number of ether oxygens (including phenoxy) is 1. The summed E-state index contributed by atoms with van der Waals surface area (Å²) in [5.41, 5.74) is 5.27. The van der Waals surface area contributed by atoms with Gasteiger partial charge in [0.25, 0.3) is 11.7 Å². The number of hydrogen-bond donors (Lipinski definition) is 2. The number of ketones is 1. The van der Waals surface area contributed by atoms with Crippen molar-refractivity contribution in [2.45, 2.75) is 70.4 Å². The Bertz CT molecular complexity index is 743. The van der Waals surface area contributed by atoms with Crippen LogP contribution in [0, 0.1) is 0 Å². The highest BCUT2D eigenvalue weighted by Gasteiger charge is 2.41. The fourth-order valence-electron chi connectivity index (χ4n) is 3.47. The van der Waals surface area contributed by atoms with Crippen LogP contribution in [0.3, 0.4) is 0 Å². The Balaban J connectivity index is 2.20. The zero-order chi connectivity index (χ0) is 22.0. The van der Waals surface area contributed by atoms with Crippen LogP contribution in [0.1, 0.15) is 74.6 Å². The van der Waals surface area contributed by atoms with Crippen molar-refractivity contribution in [2.24, 2.45) is 0 Å². The second kappa shape index (κ2) is 11.6. The van der Waals surface area contributed by atoms with E-state index in [0.29, 0.717) is 24.2 Å². The van der Waals surface area contributed by atoms with Crippen molar-refractivity contribution < 1.29 is 27.5 Å². The molecule has 0 spiro atoms. The van der Waals surface area contributed by atoms with E-state index in [1.165, 1.54) is 7.11 Å². The van der Waals surface area contributed by atoms with E-state index in [-0.39, 0.29) is 24.1 Å². The monoisotopic (exact) mass is 426 g/mol. The highest BCUT2D eigenvalue weighted by atomic mass is 19.4. The van der Waals surface area contributed by atoms with E-state index >= 15 is 0 Å². The van der Waals surface area contributed by atoms with Crippen molar-refractivity contribution in [3.05, 3.63) is 41.1 Å². The molecule has 1 aromatic rings. The first-order valence-electron chi connectivity index (χ1n) is 10.4. The molecule has 2 rings (SSSR count). The van der Waals surface area contributed by atoms with Crippen molar-refractivity contribution in [2.75, 3.05) is 7.11 Å². The van der Waals surface area contributed by atoms with Crippen LogP contribution in [0.5, 0.6) is 5.75 Å². The number of halogens is 3. The number of allylic oxidation sites excluding steroid dienone is 2. The molecule has 0 fully saturated rings.